The number of hydrogen-bond donors (Lipinski definition) is 2. The van der Waals surface area contributed by atoms with Crippen LogP contribution in [0.1, 0.15) is 44.0 Å². The number of ether oxygens (including phenoxy) is 1. The molecular weight excluding hydrogens is 348 g/mol. The van der Waals surface area contributed by atoms with E-state index in [0.29, 0.717) is 25.2 Å². The van der Waals surface area contributed by atoms with Gasteiger partial charge in [0.2, 0.25) is 0 Å². The maximum atomic E-state index is 12.8. The van der Waals surface area contributed by atoms with Crippen molar-refractivity contribution in [1.29, 1.82) is 0 Å². The van der Waals surface area contributed by atoms with Crippen molar-refractivity contribution in [1.82, 2.24) is 10.0 Å². The van der Waals surface area contributed by atoms with Gasteiger partial charge in [0, 0.05) is 13.1 Å². The van der Waals surface area contributed by atoms with Crippen molar-refractivity contribution in [2.24, 2.45) is 11.7 Å². The second-order valence-corrected chi connectivity index (χ2v) is 6.55. The fraction of sp³-hybridized carbons (Fsp3) is 0.526. The molecular formula is C19H28N4O4. The molecule has 2 atom stereocenters. The number of esters is 1. The van der Waals surface area contributed by atoms with Crippen LogP contribution in [0.2, 0.25) is 0 Å². The molecule has 0 aromatic heterocycles. The average Bonchev–Trinajstić information content (AvgIpc) is 3.16. The van der Waals surface area contributed by atoms with Crippen molar-refractivity contribution in [2.45, 2.75) is 39.7 Å². The lowest BCUT2D eigenvalue weighted by Crippen LogP contribution is -2.53. The summed E-state index contributed by atoms with van der Waals surface area (Å²) in [6.45, 7) is 6.69. The van der Waals surface area contributed by atoms with E-state index in [1.54, 1.807) is 31.2 Å². The normalized spacial score (nSPS) is 16.0. The van der Waals surface area contributed by atoms with Crippen LogP contribution in [0.3, 0.4) is 0 Å². The molecule has 1 aromatic carbocycles. The first-order valence-corrected chi connectivity index (χ1v) is 9.32. The molecule has 0 spiro atoms. The summed E-state index contributed by atoms with van der Waals surface area (Å²) in [7, 11) is 0. The molecule has 1 saturated heterocycles. The van der Waals surface area contributed by atoms with E-state index in [-0.39, 0.29) is 24.0 Å². The Bertz CT molecular complexity index is 694. The molecule has 1 aliphatic rings. The quantitative estimate of drug-likeness (QED) is 0.741. The highest BCUT2D eigenvalue weighted by Crippen LogP contribution is 2.20. The molecule has 27 heavy (non-hydrogen) atoms. The van der Waals surface area contributed by atoms with E-state index >= 15 is 0 Å². The van der Waals surface area contributed by atoms with E-state index in [4.69, 9.17) is 10.5 Å². The van der Waals surface area contributed by atoms with Gasteiger partial charge >= 0.3 is 12.0 Å². The van der Waals surface area contributed by atoms with Gasteiger partial charge in [0.25, 0.3) is 5.91 Å². The highest BCUT2D eigenvalue weighted by molar-refractivity contribution is 6.01. The van der Waals surface area contributed by atoms with Crippen LogP contribution in [0, 0.1) is 5.92 Å². The topological polar surface area (TPSA) is 105 Å². The first kappa shape index (κ1) is 20.7. The maximum absolute atomic E-state index is 12.8. The predicted octanol–water partition coefficient (Wildman–Crippen LogP) is 2.22. The third kappa shape index (κ3) is 4.77. The molecule has 0 saturated carbocycles. The van der Waals surface area contributed by atoms with Gasteiger partial charge in [0.1, 0.15) is 0 Å². The maximum Gasteiger partial charge on any atom is 0.340 e. The second-order valence-electron chi connectivity index (χ2n) is 6.55. The van der Waals surface area contributed by atoms with Crippen molar-refractivity contribution in [3.05, 3.63) is 29.8 Å². The van der Waals surface area contributed by atoms with E-state index in [0.717, 1.165) is 6.42 Å². The number of hydrogen-bond acceptors (Lipinski definition) is 5. The number of anilines is 1. The largest absolute Gasteiger partial charge is 0.462 e. The lowest BCUT2D eigenvalue weighted by molar-refractivity contribution is -0.142. The number of hydrazine groups is 1. The predicted molar refractivity (Wildman–Crippen MR) is 102 cm³/mol. The Morgan fingerprint density at radius 3 is 2.52 bits per heavy atom. The molecule has 3 N–H and O–H groups in total. The van der Waals surface area contributed by atoms with Crippen molar-refractivity contribution >= 4 is 23.6 Å². The molecule has 1 fully saturated rings. The Morgan fingerprint density at radius 2 is 1.85 bits per heavy atom. The smallest absolute Gasteiger partial charge is 0.340 e. The van der Waals surface area contributed by atoms with E-state index in [9.17, 15) is 14.4 Å². The highest BCUT2D eigenvalue weighted by atomic mass is 16.5. The Labute approximate surface area is 159 Å². The number of para-hydroxylation sites is 1. The van der Waals surface area contributed by atoms with Gasteiger partial charge in [-0.15, -0.1) is 0 Å². The number of rotatable bonds is 6. The summed E-state index contributed by atoms with van der Waals surface area (Å²) in [5, 5.41) is 5.47. The van der Waals surface area contributed by atoms with E-state index in [1.165, 1.54) is 10.0 Å². The second kappa shape index (κ2) is 9.36. The van der Waals surface area contributed by atoms with Crippen molar-refractivity contribution in [3.63, 3.8) is 0 Å². The first-order chi connectivity index (χ1) is 12.9. The number of carbonyl (C=O) groups is 3. The van der Waals surface area contributed by atoms with E-state index < -0.39 is 18.0 Å². The monoisotopic (exact) mass is 376 g/mol. The van der Waals surface area contributed by atoms with Crippen molar-refractivity contribution < 1.29 is 19.1 Å². The third-order valence-electron chi connectivity index (χ3n) is 4.73. The van der Waals surface area contributed by atoms with Crippen LogP contribution in [0.15, 0.2) is 24.3 Å². The fourth-order valence-corrected chi connectivity index (χ4v) is 2.88. The van der Waals surface area contributed by atoms with Crippen molar-refractivity contribution in [3.8, 4) is 0 Å². The molecule has 1 heterocycles. The zero-order chi connectivity index (χ0) is 20.0. The molecule has 8 heteroatoms. The summed E-state index contributed by atoms with van der Waals surface area (Å²) in [6, 6.07) is 5.48. The van der Waals surface area contributed by atoms with Crippen molar-refractivity contribution in [2.75, 3.05) is 25.0 Å². The summed E-state index contributed by atoms with van der Waals surface area (Å²) in [5.74, 6) is -0.759. The summed E-state index contributed by atoms with van der Waals surface area (Å²) < 4.78 is 5.02. The summed E-state index contributed by atoms with van der Waals surface area (Å²) >= 11 is 0. The zero-order valence-electron chi connectivity index (χ0n) is 16.1. The number of nitrogens with zero attached hydrogens (tertiary/aromatic N) is 2. The van der Waals surface area contributed by atoms with E-state index in [1.807, 2.05) is 13.8 Å². The Kier molecular flexibility index (Phi) is 7.18. The van der Waals surface area contributed by atoms with Crippen LogP contribution in [0.5, 0.6) is 0 Å². The van der Waals surface area contributed by atoms with Crippen LogP contribution in [-0.2, 0) is 9.53 Å². The van der Waals surface area contributed by atoms with Gasteiger partial charge in [0.05, 0.1) is 23.9 Å². The van der Waals surface area contributed by atoms with Gasteiger partial charge in [-0.2, -0.15) is 0 Å². The van der Waals surface area contributed by atoms with Crippen LogP contribution in [-0.4, -0.2) is 53.7 Å². The molecule has 148 valence electrons. The molecule has 1 aliphatic heterocycles. The highest BCUT2D eigenvalue weighted by Gasteiger charge is 2.35. The molecule has 0 bridgehead atoms. The lowest BCUT2D eigenvalue weighted by atomic mass is 9.99. The van der Waals surface area contributed by atoms with Gasteiger partial charge in [-0.25, -0.2) is 19.6 Å². The molecule has 0 aliphatic carbocycles. The van der Waals surface area contributed by atoms with Gasteiger partial charge in [-0.1, -0.05) is 32.4 Å². The van der Waals surface area contributed by atoms with Crippen LogP contribution in [0.4, 0.5) is 10.5 Å². The number of urea groups is 1. The third-order valence-corrected chi connectivity index (χ3v) is 4.73. The molecule has 1 unspecified atom stereocenters. The number of nitrogens with two attached hydrogens (primary N) is 1. The Morgan fingerprint density at radius 1 is 1.19 bits per heavy atom. The number of amides is 3. The van der Waals surface area contributed by atoms with E-state index in [2.05, 4.69) is 5.32 Å². The standard InChI is InChI=1S/C19H28N4O4/c1-4-13(3)16(20)17(24)22-11-8-12-23(22)19(26)21-15-10-7-6-9-14(15)18(25)27-5-2/h6-7,9-10,13,16H,4-5,8,11-12,20H2,1-3H3,(H,21,26)/t13?,16-/m0/s1. The Balaban J connectivity index is 2.14. The Hall–Kier alpha value is -2.61. The molecule has 1 aromatic rings. The van der Waals surface area contributed by atoms with Gasteiger partial charge in [-0.3, -0.25) is 4.79 Å². The molecule has 2 rings (SSSR count). The summed E-state index contributed by atoms with van der Waals surface area (Å²) in [6.07, 6.45) is 1.45. The molecule has 3 amide bonds. The summed E-state index contributed by atoms with van der Waals surface area (Å²) in [4.78, 5) is 37.5. The minimum atomic E-state index is -0.657. The zero-order valence-corrected chi connectivity index (χ0v) is 16.1. The summed E-state index contributed by atoms with van der Waals surface area (Å²) in [5.41, 5.74) is 6.66. The first-order valence-electron chi connectivity index (χ1n) is 9.32. The number of benzene rings is 1. The van der Waals surface area contributed by atoms with Gasteiger partial charge in [-0.05, 0) is 31.4 Å². The van der Waals surface area contributed by atoms with Crippen LogP contribution >= 0.6 is 0 Å². The SMILES string of the molecule is CCOC(=O)c1ccccc1NC(=O)N1CCCN1C(=O)[C@@H](N)C(C)CC. The number of carbonyl (C=O) groups excluding carboxylic acids is 3. The van der Waals surface area contributed by atoms with Crippen LogP contribution < -0.4 is 11.1 Å². The minimum absolute atomic E-state index is 0.0209. The average molecular weight is 376 g/mol. The fourth-order valence-electron chi connectivity index (χ4n) is 2.88. The molecule has 8 nitrogen and oxygen atoms in total. The molecule has 0 radical (unpaired) electrons. The number of nitrogens with one attached hydrogen (secondary N) is 1. The lowest BCUT2D eigenvalue weighted by Gasteiger charge is -2.31. The van der Waals surface area contributed by atoms with Gasteiger partial charge < -0.3 is 15.8 Å². The van der Waals surface area contributed by atoms with Crippen LogP contribution in [0.25, 0.3) is 0 Å². The minimum Gasteiger partial charge on any atom is -0.462 e. The van der Waals surface area contributed by atoms with Gasteiger partial charge in [0.15, 0.2) is 0 Å².